The molecule has 100 valence electrons. The minimum absolute atomic E-state index is 0.308. The maximum Gasteiger partial charge on any atom is 0.147 e. The van der Waals surface area contributed by atoms with Gasteiger partial charge in [0.1, 0.15) is 11.6 Å². The van der Waals surface area contributed by atoms with E-state index in [2.05, 4.69) is 0 Å². The highest BCUT2D eigenvalue weighted by atomic mass is 19.1. The predicted octanol–water partition coefficient (Wildman–Crippen LogP) is 3.75. The zero-order valence-corrected chi connectivity index (χ0v) is 10.9. The van der Waals surface area contributed by atoms with Gasteiger partial charge in [-0.3, -0.25) is 0 Å². The first-order chi connectivity index (χ1) is 9.02. The van der Waals surface area contributed by atoms with E-state index in [1.165, 1.54) is 17.0 Å². The van der Waals surface area contributed by atoms with Crippen molar-refractivity contribution in [2.45, 2.75) is 13.0 Å². The Morgan fingerprint density at radius 2 is 1.63 bits per heavy atom. The molecule has 0 spiro atoms. The van der Waals surface area contributed by atoms with Gasteiger partial charge in [0.05, 0.1) is 11.4 Å². The molecule has 2 nitrogen and oxygen atoms in total. The molecule has 0 aliphatic rings. The Morgan fingerprint density at radius 3 is 2.26 bits per heavy atom. The van der Waals surface area contributed by atoms with Crippen LogP contribution in [0.4, 0.5) is 20.2 Å². The summed E-state index contributed by atoms with van der Waals surface area (Å²) in [5.41, 5.74) is 7.12. The average Bonchev–Trinajstić information content (AvgIpc) is 2.38. The van der Waals surface area contributed by atoms with E-state index in [0.29, 0.717) is 16.9 Å². The highest BCUT2D eigenvalue weighted by Gasteiger charge is 2.18. The summed E-state index contributed by atoms with van der Waals surface area (Å²) in [5, 5.41) is 0. The van der Waals surface area contributed by atoms with Gasteiger partial charge in [0.15, 0.2) is 0 Å². The molecule has 19 heavy (non-hydrogen) atoms. The van der Waals surface area contributed by atoms with Crippen molar-refractivity contribution in [1.82, 2.24) is 0 Å². The van der Waals surface area contributed by atoms with Crippen molar-refractivity contribution in [3.63, 3.8) is 0 Å². The van der Waals surface area contributed by atoms with E-state index < -0.39 is 11.6 Å². The van der Waals surface area contributed by atoms with Gasteiger partial charge in [0, 0.05) is 13.1 Å². The lowest BCUT2D eigenvalue weighted by Crippen LogP contribution is -2.18. The Bertz CT molecular complexity index is 582. The van der Waals surface area contributed by atoms with E-state index in [4.69, 9.17) is 5.73 Å². The zero-order chi connectivity index (χ0) is 14.0. The van der Waals surface area contributed by atoms with Gasteiger partial charge in [-0.15, -0.1) is 0 Å². The molecule has 0 heterocycles. The summed E-state index contributed by atoms with van der Waals surface area (Å²) in [6.07, 6.45) is 0. The summed E-state index contributed by atoms with van der Waals surface area (Å²) in [5.74, 6) is -0.815. The lowest BCUT2D eigenvalue weighted by Gasteiger charge is -2.25. The lowest BCUT2D eigenvalue weighted by molar-refractivity contribution is 0.613. The number of para-hydroxylation sites is 2. The van der Waals surface area contributed by atoms with Gasteiger partial charge in [-0.25, -0.2) is 8.78 Å². The van der Waals surface area contributed by atoms with Gasteiger partial charge in [0.25, 0.3) is 0 Å². The van der Waals surface area contributed by atoms with Crippen molar-refractivity contribution in [2.24, 2.45) is 5.73 Å². The van der Waals surface area contributed by atoms with Crippen LogP contribution in [-0.4, -0.2) is 7.05 Å². The van der Waals surface area contributed by atoms with Crippen molar-refractivity contribution in [3.05, 3.63) is 59.7 Å². The first kappa shape index (κ1) is 13.5. The molecule has 2 N–H and O–H groups in total. The number of hydrogen-bond donors (Lipinski definition) is 1. The van der Waals surface area contributed by atoms with E-state index in [1.54, 1.807) is 44.3 Å². The largest absolute Gasteiger partial charge is 0.340 e. The molecule has 2 aromatic rings. The van der Waals surface area contributed by atoms with Crippen LogP contribution < -0.4 is 10.6 Å². The summed E-state index contributed by atoms with van der Waals surface area (Å²) in [6, 6.07) is 10.6. The molecule has 1 atom stereocenters. The third kappa shape index (κ3) is 2.58. The molecule has 2 rings (SSSR count). The van der Waals surface area contributed by atoms with Crippen LogP contribution in [-0.2, 0) is 0 Å². The van der Waals surface area contributed by atoms with Gasteiger partial charge >= 0.3 is 0 Å². The second-order valence-corrected chi connectivity index (χ2v) is 4.48. The van der Waals surface area contributed by atoms with Gasteiger partial charge in [-0.1, -0.05) is 24.3 Å². The average molecular weight is 262 g/mol. The van der Waals surface area contributed by atoms with Crippen molar-refractivity contribution in [2.75, 3.05) is 11.9 Å². The smallest absolute Gasteiger partial charge is 0.147 e. The van der Waals surface area contributed by atoms with Crippen molar-refractivity contribution >= 4 is 11.4 Å². The summed E-state index contributed by atoms with van der Waals surface area (Å²) in [6.45, 7) is 1.77. The lowest BCUT2D eigenvalue weighted by atomic mass is 10.0. The van der Waals surface area contributed by atoms with Gasteiger partial charge in [-0.05, 0) is 30.7 Å². The molecule has 0 radical (unpaired) electrons. The maximum absolute atomic E-state index is 14.1. The standard InChI is InChI=1S/C15H16F2N2/c1-10(18)11-6-5-8-13(17)15(11)19(2)14-9-4-3-7-12(14)16/h3-10H,18H2,1-2H3/t10-/m1/s1. The van der Waals surface area contributed by atoms with Gasteiger partial charge in [-0.2, -0.15) is 0 Å². The van der Waals surface area contributed by atoms with Crippen molar-refractivity contribution in [1.29, 1.82) is 0 Å². The highest BCUT2D eigenvalue weighted by molar-refractivity contribution is 5.67. The fourth-order valence-corrected chi connectivity index (χ4v) is 2.10. The van der Waals surface area contributed by atoms with E-state index in [9.17, 15) is 8.78 Å². The summed E-state index contributed by atoms with van der Waals surface area (Å²) in [7, 11) is 1.63. The molecule has 0 unspecified atom stereocenters. The fourth-order valence-electron chi connectivity index (χ4n) is 2.10. The zero-order valence-electron chi connectivity index (χ0n) is 10.9. The topological polar surface area (TPSA) is 29.3 Å². The van der Waals surface area contributed by atoms with Crippen LogP contribution in [0, 0.1) is 11.6 Å². The normalized spacial score (nSPS) is 12.3. The molecule has 0 aromatic heterocycles. The third-order valence-corrected chi connectivity index (χ3v) is 3.06. The van der Waals surface area contributed by atoms with Crippen molar-refractivity contribution in [3.8, 4) is 0 Å². The molecule has 0 aliphatic carbocycles. The predicted molar refractivity (Wildman–Crippen MR) is 73.5 cm³/mol. The van der Waals surface area contributed by atoms with Crippen LogP contribution in [0.5, 0.6) is 0 Å². The SMILES string of the molecule is C[C@@H](N)c1cccc(F)c1N(C)c1ccccc1F. The highest BCUT2D eigenvalue weighted by Crippen LogP contribution is 2.33. The number of rotatable bonds is 3. The van der Waals surface area contributed by atoms with Crippen LogP contribution in [0.1, 0.15) is 18.5 Å². The number of nitrogens with two attached hydrogens (primary N) is 1. The molecule has 0 fully saturated rings. The number of halogens is 2. The van der Waals surface area contributed by atoms with E-state index in [1.807, 2.05) is 0 Å². The second kappa shape index (κ2) is 5.36. The maximum atomic E-state index is 14.1. The first-order valence-electron chi connectivity index (χ1n) is 6.04. The van der Waals surface area contributed by atoms with Crippen LogP contribution in [0.15, 0.2) is 42.5 Å². The number of anilines is 2. The Kier molecular flexibility index (Phi) is 3.81. The van der Waals surface area contributed by atoms with Crippen LogP contribution >= 0.6 is 0 Å². The molecule has 2 aromatic carbocycles. The quantitative estimate of drug-likeness (QED) is 0.912. The Hall–Kier alpha value is -1.94. The number of hydrogen-bond acceptors (Lipinski definition) is 2. The minimum atomic E-state index is -0.416. The fraction of sp³-hybridized carbons (Fsp3) is 0.200. The molecule has 0 saturated heterocycles. The Labute approximate surface area is 111 Å². The summed E-state index contributed by atoms with van der Waals surface area (Å²) < 4.78 is 27.9. The second-order valence-electron chi connectivity index (χ2n) is 4.48. The Morgan fingerprint density at radius 1 is 1.00 bits per heavy atom. The first-order valence-corrected chi connectivity index (χ1v) is 6.04. The van der Waals surface area contributed by atoms with E-state index in [0.717, 1.165) is 0 Å². The molecule has 0 amide bonds. The van der Waals surface area contributed by atoms with Gasteiger partial charge < -0.3 is 10.6 Å². The number of nitrogens with zero attached hydrogens (tertiary/aromatic N) is 1. The molecular formula is C15H16F2N2. The molecule has 0 bridgehead atoms. The van der Waals surface area contributed by atoms with Gasteiger partial charge in [0.2, 0.25) is 0 Å². The van der Waals surface area contributed by atoms with Crippen LogP contribution in [0.3, 0.4) is 0 Å². The van der Waals surface area contributed by atoms with Crippen LogP contribution in [0.2, 0.25) is 0 Å². The van der Waals surface area contributed by atoms with Crippen molar-refractivity contribution < 1.29 is 8.78 Å². The monoisotopic (exact) mass is 262 g/mol. The molecule has 0 aliphatic heterocycles. The number of benzene rings is 2. The molecular weight excluding hydrogens is 246 g/mol. The summed E-state index contributed by atoms with van der Waals surface area (Å²) >= 11 is 0. The van der Waals surface area contributed by atoms with E-state index >= 15 is 0 Å². The van der Waals surface area contributed by atoms with Crippen LogP contribution in [0.25, 0.3) is 0 Å². The third-order valence-electron chi connectivity index (χ3n) is 3.06. The molecule has 0 saturated carbocycles. The Balaban J connectivity index is 2.56. The minimum Gasteiger partial charge on any atom is -0.340 e. The molecule has 4 heteroatoms. The van der Waals surface area contributed by atoms with E-state index in [-0.39, 0.29) is 6.04 Å². The summed E-state index contributed by atoms with van der Waals surface area (Å²) in [4.78, 5) is 1.49.